The summed E-state index contributed by atoms with van der Waals surface area (Å²) >= 11 is 5.89. The molecule has 0 saturated heterocycles. The largest absolute Gasteiger partial charge is 0.265 e. The van der Waals surface area contributed by atoms with Crippen LogP contribution in [-0.2, 0) is 16.4 Å². The van der Waals surface area contributed by atoms with Crippen molar-refractivity contribution in [3.05, 3.63) is 58.1 Å². The second kappa shape index (κ2) is 5.76. The van der Waals surface area contributed by atoms with E-state index in [0.717, 1.165) is 28.1 Å². The number of anilines is 1. The Morgan fingerprint density at radius 1 is 1.17 bits per heavy atom. The van der Waals surface area contributed by atoms with Gasteiger partial charge in [0.15, 0.2) is 0 Å². The lowest BCUT2D eigenvalue weighted by atomic mass is 10.0. The van der Waals surface area contributed by atoms with Gasteiger partial charge in [-0.05, 0) is 55.2 Å². The summed E-state index contributed by atoms with van der Waals surface area (Å²) < 4.78 is 54.3. The number of rotatable bonds is 2. The molecule has 2 aromatic rings. The third-order valence-electron chi connectivity index (χ3n) is 3.81. The Hall–Kier alpha value is -1.66. The first-order valence-electron chi connectivity index (χ1n) is 7.07. The van der Waals surface area contributed by atoms with Crippen molar-refractivity contribution in [2.75, 3.05) is 10.8 Å². The number of hydrogen-bond acceptors (Lipinski definition) is 2. The van der Waals surface area contributed by atoms with Gasteiger partial charge in [-0.15, -0.1) is 0 Å². The van der Waals surface area contributed by atoms with Gasteiger partial charge in [-0.3, -0.25) is 4.31 Å². The van der Waals surface area contributed by atoms with E-state index in [1.807, 2.05) is 0 Å². The molecule has 0 unspecified atom stereocenters. The predicted octanol–water partition coefficient (Wildman–Crippen LogP) is 4.07. The molecule has 0 aromatic heterocycles. The van der Waals surface area contributed by atoms with Crippen molar-refractivity contribution in [1.29, 1.82) is 0 Å². The van der Waals surface area contributed by atoms with Crippen LogP contribution in [0.15, 0.2) is 35.2 Å². The average Bonchev–Trinajstić information content (AvgIpc) is 2.45. The molecular formula is C16H14ClF2NO2S. The van der Waals surface area contributed by atoms with Crippen molar-refractivity contribution in [2.24, 2.45) is 0 Å². The number of fused-ring (bicyclic) bond motifs is 1. The van der Waals surface area contributed by atoms with Crippen LogP contribution in [0.5, 0.6) is 0 Å². The molecule has 0 bridgehead atoms. The van der Waals surface area contributed by atoms with E-state index in [0.29, 0.717) is 18.4 Å². The number of sulfonamides is 1. The molecule has 1 aliphatic rings. The zero-order valence-corrected chi connectivity index (χ0v) is 13.9. The summed E-state index contributed by atoms with van der Waals surface area (Å²) in [7, 11) is -4.06. The molecule has 0 N–H and O–H groups in total. The first-order chi connectivity index (χ1) is 10.8. The first kappa shape index (κ1) is 16.2. The van der Waals surface area contributed by atoms with Crippen molar-refractivity contribution in [1.82, 2.24) is 0 Å². The third kappa shape index (κ3) is 2.81. The highest BCUT2D eigenvalue weighted by Gasteiger charge is 2.33. The summed E-state index contributed by atoms with van der Waals surface area (Å²) in [6.45, 7) is 1.91. The van der Waals surface area contributed by atoms with Gasteiger partial charge < -0.3 is 0 Å². The van der Waals surface area contributed by atoms with Crippen molar-refractivity contribution in [3.8, 4) is 0 Å². The molecule has 23 heavy (non-hydrogen) atoms. The number of aryl methyl sites for hydroxylation is 2. The maximum atomic E-state index is 14.4. The maximum absolute atomic E-state index is 14.4. The quantitative estimate of drug-likeness (QED) is 0.812. The lowest BCUT2D eigenvalue weighted by Gasteiger charge is -2.31. The fourth-order valence-corrected chi connectivity index (χ4v) is 4.90. The van der Waals surface area contributed by atoms with E-state index >= 15 is 0 Å². The Kier molecular flexibility index (Phi) is 4.06. The Bertz CT molecular complexity index is 884. The summed E-state index contributed by atoms with van der Waals surface area (Å²) in [5.74, 6) is -1.21. The molecule has 1 aliphatic heterocycles. The predicted molar refractivity (Wildman–Crippen MR) is 85.4 cm³/mol. The van der Waals surface area contributed by atoms with Crippen molar-refractivity contribution in [3.63, 3.8) is 0 Å². The SMILES string of the molecule is Cc1cc(F)c2c(c1)CCCN2S(=O)(=O)c1ccc(F)cc1Cl. The summed E-state index contributed by atoms with van der Waals surface area (Å²) in [5.41, 5.74) is 1.44. The topological polar surface area (TPSA) is 37.4 Å². The molecule has 0 saturated carbocycles. The average molecular weight is 358 g/mol. The van der Waals surface area contributed by atoms with Crippen LogP contribution in [-0.4, -0.2) is 15.0 Å². The van der Waals surface area contributed by atoms with E-state index in [2.05, 4.69) is 0 Å². The Balaban J connectivity index is 2.17. The van der Waals surface area contributed by atoms with Gasteiger partial charge in [0.25, 0.3) is 10.0 Å². The molecule has 1 heterocycles. The Morgan fingerprint density at radius 3 is 2.61 bits per heavy atom. The molecule has 0 spiro atoms. The van der Waals surface area contributed by atoms with Gasteiger partial charge >= 0.3 is 0 Å². The minimum Gasteiger partial charge on any atom is -0.263 e. The third-order valence-corrected chi connectivity index (χ3v) is 6.09. The highest BCUT2D eigenvalue weighted by Crippen LogP contribution is 2.36. The van der Waals surface area contributed by atoms with E-state index in [1.165, 1.54) is 6.07 Å². The van der Waals surface area contributed by atoms with Gasteiger partial charge in [-0.25, -0.2) is 17.2 Å². The van der Waals surface area contributed by atoms with E-state index in [4.69, 9.17) is 11.6 Å². The van der Waals surface area contributed by atoms with E-state index in [9.17, 15) is 17.2 Å². The van der Waals surface area contributed by atoms with Crippen LogP contribution >= 0.6 is 11.6 Å². The highest BCUT2D eigenvalue weighted by molar-refractivity contribution is 7.93. The molecule has 0 atom stereocenters. The molecule has 7 heteroatoms. The van der Waals surface area contributed by atoms with E-state index < -0.39 is 21.7 Å². The maximum Gasteiger partial charge on any atom is 0.265 e. The van der Waals surface area contributed by atoms with Crippen molar-refractivity contribution >= 4 is 27.3 Å². The smallest absolute Gasteiger partial charge is 0.263 e. The summed E-state index contributed by atoms with van der Waals surface area (Å²) in [6.07, 6.45) is 1.19. The zero-order valence-electron chi connectivity index (χ0n) is 12.3. The Morgan fingerprint density at radius 2 is 1.91 bits per heavy atom. The second-order valence-corrected chi connectivity index (χ2v) is 7.75. The molecule has 3 nitrogen and oxygen atoms in total. The fraction of sp³-hybridized carbons (Fsp3) is 0.250. The van der Waals surface area contributed by atoms with Crippen LogP contribution in [0.1, 0.15) is 17.5 Å². The molecule has 3 rings (SSSR count). The number of halogens is 3. The van der Waals surface area contributed by atoms with Crippen molar-refractivity contribution in [2.45, 2.75) is 24.7 Å². The molecule has 0 aliphatic carbocycles. The number of nitrogens with zero attached hydrogens (tertiary/aromatic N) is 1. The van der Waals surface area contributed by atoms with Crippen LogP contribution in [0.25, 0.3) is 0 Å². The molecule has 0 radical (unpaired) electrons. The van der Waals surface area contributed by atoms with Crippen molar-refractivity contribution < 1.29 is 17.2 Å². The zero-order chi connectivity index (χ0) is 16.8. The molecule has 0 fully saturated rings. The highest BCUT2D eigenvalue weighted by atomic mass is 35.5. The number of benzene rings is 2. The van der Waals surface area contributed by atoms with Gasteiger partial charge in [0, 0.05) is 6.54 Å². The van der Waals surface area contributed by atoms with E-state index in [1.54, 1.807) is 13.0 Å². The monoisotopic (exact) mass is 357 g/mol. The lowest BCUT2D eigenvalue weighted by molar-refractivity contribution is 0.576. The lowest BCUT2D eigenvalue weighted by Crippen LogP contribution is -2.36. The molecule has 0 amide bonds. The second-order valence-electron chi connectivity index (χ2n) is 5.51. The minimum atomic E-state index is -4.06. The van der Waals surface area contributed by atoms with Crippen LogP contribution in [0.4, 0.5) is 14.5 Å². The van der Waals surface area contributed by atoms with Gasteiger partial charge in [-0.1, -0.05) is 17.7 Å². The van der Waals surface area contributed by atoms with Gasteiger partial charge in [0.1, 0.15) is 16.5 Å². The summed E-state index contributed by atoms with van der Waals surface area (Å²) in [4.78, 5) is -0.228. The van der Waals surface area contributed by atoms with Crippen LogP contribution in [0.3, 0.4) is 0 Å². The Labute approximate surface area is 138 Å². The van der Waals surface area contributed by atoms with Gasteiger partial charge in [-0.2, -0.15) is 0 Å². The van der Waals surface area contributed by atoms with Crippen LogP contribution in [0.2, 0.25) is 5.02 Å². The summed E-state index contributed by atoms with van der Waals surface area (Å²) in [6, 6.07) is 6.15. The standard InChI is InChI=1S/C16H14ClF2NO2S/c1-10-7-11-3-2-6-20(16(11)14(19)8-10)23(21,22)15-5-4-12(18)9-13(15)17/h4-5,7-9H,2-3,6H2,1H3. The van der Waals surface area contributed by atoms with Gasteiger partial charge in [0.2, 0.25) is 0 Å². The molecule has 122 valence electrons. The minimum absolute atomic E-state index is 0.0576. The van der Waals surface area contributed by atoms with Gasteiger partial charge in [0.05, 0.1) is 10.7 Å². The van der Waals surface area contributed by atoms with Crippen LogP contribution in [0, 0.1) is 18.6 Å². The van der Waals surface area contributed by atoms with E-state index in [-0.39, 0.29) is 22.2 Å². The van der Waals surface area contributed by atoms with Crippen LogP contribution < -0.4 is 4.31 Å². The molecular weight excluding hydrogens is 344 g/mol. The molecule has 2 aromatic carbocycles. The fourth-order valence-electron chi connectivity index (χ4n) is 2.84. The first-order valence-corrected chi connectivity index (χ1v) is 8.89. The normalized spacial score (nSPS) is 14.7. The number of hydrogen-bond donors (Lipinski definition) is 0. The summed E-state index contributed by atoms with van der Waals surface area (Å²) in [5, 5.41) is -0.218.